The third-order valence-electron chi connectivity index (χ3n) is 5.02. The lowest BCUT2D eigenvalue weighted by molar-refractivity contribution is -0.131. The number of amides is 2. The second-order valence-corrected chi connectivity index (χ2v) is 8.37. The van der Waals surface area contributed by atoms with Gasteiger partial charge in [0.05, 0.1) is 12.3 Å². The molecular weight excluding hydrogens is 422 g/mol. The second kappa shape index (κ2) is 9.65. The summed E-state index contributed by atoms with van der Waals surface area (Å²) in [6.07, 6.45) is 1.62. The van der Waals surface area contributed by atoms with Crippen molar-refractivity contribution in [3.63, 3.8) is 0 Å². The van der Waals surface area contributed by atoms with Crippen molar-refractivity contribution < 1.29 is 9.59 Å². The molecule has 0 fully saturated rings. The minimum absolute atomic E-state index is 0.0345. The van der Waals surface area contributed by atoms with Crippen molar-refractivity contribution in [2.45, 2.75) is 12.1 Å². The highest BCUT2D eigenvalue weighted by Gasteiger charge is 2.16. The molecule has 32 heavy (non-hydrogen) atoms. The summed E-state index contributed by atoms with van der Waals surface area (Å²) in [5, 5.41) is 13.6. The normalized spacial score (nSPS) is 10.8. The molecule has 0 atom stereocenters. The number of rotatable bonds is 7. The second-order valence-electron chi connectivity index (χ2n) is 7.43. The van der Waals surface area contributed by atoms with E-state index >= 15 is 0 Å². The van der Waals surface area contributed by atoms with Crippen LogP contribution in [0.2, 0.25) is 0 Å². The third-order valence-corrected chi connectivity index (χ3v) is 5.95. The van der Waals surface area contributed by atoms with Gasteiger partial charge in [0.1, 0.15) is 6.33 Å². The highest BCUT2D eigenvalue weighted by Crippen LogP contribution is 2.23. The van der Waals surface area contributed by atoms with E-state index in [1.165, 1.54) is 16.7 Å². The molecule has 4 aromatic rings. The Kier molecular flexibility index (Phi) is 6.51. The lowest BCUT2D eigenvalue weighted by Gasteiger charge is -2.17. The van der Waals surface area contributed by atoms with Crippen LogP contribution in [0.3, 0.4) is 0 Å². The first kappa shape index (κ1) is 21.6. The lowest BCUT2D eigenvalue weighted by Crippen LogP contribution is -2.36. The van der Waals surface area contributed by atoms with E-state index in [1.54, 1.807) is 13.4 Å². The van der Waals surface area contributed by atoms with Gasteiger partial charge in [-0.3, -0.25) is 14.2 Å². The fourth-order valence-electron chi connectivity index (χ4n) is 3.27. The molecule has 4 rings (SSSR count). The number of hydrogen-bond donors (Lipinski definition) is 1. The number of thioether (sulfide) groups is 1. The molecule has 0 aliphatic carbocycles. The monoisotopic (exact) mass is 445 g/mol. The Balaban J connectivity index is 1.34. The fourth-order valence-corrected chi connectivity index (χ4v) is 4.14. The molecule has 0 saturated heterocycles. The van der Waals surface area contributed by atoms with E-state index in [2.05, 4.69) is 15.5 Å². The topological polar surface area (TPSA) is 80.1 Å². The molecule has 0 saturated carbocycles. The van der Waals surface area contributed by atoms with E-state index in [0.29, 0.717) is 5.16 Å². The van der Waals surface area contributed by atoms with Crippen molar-refractivity contribution >= 4 is 40.0 Å². The Bertz CT molecular complexity index is 1250. The first-order valence-corrected chi connectivity index (χ1v) is 11.1. The maximum absolute atomic E-state index is 12.6. The van der Waals surface area contributed by atoms with Gasteiger partial charge in [-0.15, -0.1) is 10.2 Å². The number of aryl methyl sites for hydroxylation is 1. The van der Waals surface area contributed by atoms with Crippen LogP contribution < -0.4 is 5.32 Å². The van der Waals surface area contributed by atoms with Crippen molar-refractivity contribution in [2.24, 2.45) is 0 Å². The zero-order valence-electron chi connectivity index (χ0n) is 17.9. The van der Waals surface area contributed by atoms with Crippen molar-refractivity contribution in [1.29, 1.82) is 0 Å². The van der Waals surface area contributed by atoms with Crippen LogP contribution in [-0.4, -0.2) is 50.8 Å². The molecule has 1 heterocycles. The first-order chi connectivity index (χ1) is 15.5. The third kappa shape index (κ3) is 4.97. The van der Waals surface area contributed by atoms with E-state index < -0.39 is 0 Å². The minimum atomic E-state index is -0.245. The maximum Gasteiger partial charge on any atom is 0.244 e. The Hall–Kier alpha value is -3.65. The number of nitrogens with zero attached hydrogens (tertiary/aromatic N) is 4. The van der Waals surface area contributed by atoms with Gasteiger partial charge in [-0.2, -0.15) is 0 Å². The van der Waals surface area contributed by atoms with Crippen LogP contribution in [-0.2, 0) is 9.59 Å². The van der Waals surface area contributed by atoms with Crippen molar-refractivity contribution in [3.05, 3.63) is 78.6 Å². The van der Waals surface area contributed by atoms with Crippen molar-refractivity contribution in [2.75, 3.05) is 24.7 Å². The van der Waals surface area contributed by atoms with E-state index in [-0.39, 0.29) is 24.1 Å². The summed E-state index contributed by atoms with van der Waals surface area (Å²) in [4.78, 5) is 26.5. The molecule has 0 unspecified atom stereocenters. The Morgan fingerprint density at radius 3 is 2.59 bits per heavy atom. The van der Waals surface area contributed by atoms with E-state index in [9.17, 15) is 9.59 Å². The Morgan fingerprint density at radius 1 is 1.03 bits per heavy atom. The maximum atomic E-state index is 12.6. The lowest BCUT2D eigenvalue weighted by atomic mass is 10.1. The van der Waals surface area contributed by atoms with Crippen LogP contribution >= 0.6 is 11.8 Å². The summed E-state index contributed by atoms with van der Waals surface area (Å²) in [5.74, 6) is -0.255. The van der Waals surface area contributed by atoms with Crippen LogP contribution in [0.4, 0.5) is 5.69 Å². The minimum Gasteiger partial charge on any atom is -0.336 e. The molecule has 0 spiro atoms. The number of benzene rings is 3. The molecule has 0 radical (unpaired) electrons. The average Bonchev–Trinajstić information content (AvgIpc) is 3.26. The van der Waals surface area contributed by atoms with Gasteiger partial charge in [0.25, 0.3) is 0 Å². The van der Waals surface area contributed by atoms with E-state index in [1.807, 2.05) is 78.2 Å². The van der Waals surface area contributed by atoms with Gasteiger partial charge in [-0.1, -0.05) is 65.9 Å². The summed E-state index contributed by atoms with van der Waals surface area (Å²) in [6.45, 7) is 1.99. The first-order valence-electron chi connectivity index (χ1n) is 10.1. The fraction of sp³-hybridized carbons (Fsp3) is 0.167. The SMILES string of the molecule is Cc1ccc(-n2cnnc2SCC(=O)N(C)CC(=O)Nc2cccc3ccccc23)cc1. The molecule has 8 heteroatoms. The molecule has 2 amide bonds. The Morgan fingerprint density at radius 2 is 1.78 bits per heavy atom. The van der Waals surface area contributed by atoms with E-state index in [4.69, 9.17) is 0 Å². The molecule has 7 nitrogen and oxygen atoms in total. The summed E-state index contributed by atoms with van der Waals surface area (Å²) >= 11 is 1.29. The summed E-state index contributed by atoms with van der Waals surface area (Å²) in [5.41, 5.74) is 2.82. The molecule has 0 aliphatic rings. The standard InChI is InChI=1S/C24H23N5O2S/c1-17-10-12-19(13-11-17)29-16-25-27-24(29)32-15-23(31)28(2)14-22(30)26-21-9-5-7-18-6-3-4-8-20(18)21/h3-13,16H,14-15H2,1-2H3,(H,26,30). The average molecular weight is 446 g/mol. The van der Waals surface area contributed by atoms with Gasteiger partial charge in [0.15, 0.2) is 5.16 Å². The summed E-state index contributed by atoms with van der Waals surface area (Å²) < 4.78 is 1.84. The van der Waals surface area contributed by atoms with Crippen LogP contribution in [0.1, 0.15) is 5.56 Å². The van der Waals surface area contributed by atoms with Crippen LogP contribution in [0.5, 0.6) is 0 Å². The van der Waals surface area contributed by atoms with Crippen LogP contribution in [0.25, 0.3) is 16.5 Å². The number of likely N-dealkylation sites (N-methyl/N-ethyl adjacent to an activating group) is 1. The smallest absolute Gasteiger partial charge is 0.244 e. The van der Waals surface area contributed by atoms with Gasteiger partial charge in [-0.05, 0) is 30.5 Å². The van der Waals surface area contributed by atoms with Gasteiger partial charge in [0.2, 0.25) is 11.8 Å². The summed E-state index contributed by atoms with van der Waals surface area (Å²) in [7, 11) is 1.62. The van der Waals surface area contributed by atoms with Crippen molar-refractivity contribution in [3.8, 4) is 5.69 Å². The zero-order valence-corrected chi connectivity index (χ0v) is 18.7. The van der Waals surface area contributed by atoms with Crippen LogP contribution in [0, 0.1) is 6.92 Å². The molecule has 1 N–H and O–H groups in total. The predicted octanol–water partition coefficient (Wildman–Crippen LogP) is 3.92. The summed E-state index contributed by atoms with van der Waals surface area (Å²) in [6, 6.07) is 21.6. The highest BCUT2D eigenvalue weighted by atomic mass is 32.2. The highest BCUT2D eigenvalue weighted by molar-refractivity contribution is 7.99. The molecule has 1 aromatic heterocycles. The molecule has 3 aromatic carbocycles. The largest absolute Gasteiger partial charge is 0.336 e. The van der Waals surface area contributed by atoms with E-state index in [0.717, 1.165) is 27.7 Å². The molecule has 0 aliphatic heterocycles. The molecular formula is C24H23N5O2S. The van der Waals surface area contributed by atoms with Gasteiger partial charge < -0.3 is 10.2 Å². The van der Waals surface area contributed by atoms with Crippen LogP contribution in [0.15, 0.2) is 78.2 Å². The predicted molar refractivity (Wildman–Crippen MR) is 127 cm³/mol. The number of carbonyl (C=O) groups excluding carboxylic acids is 2. The van der Waals surface area contributed by atoms with Crippen molar-refractivity contribution in [1.82, 2.24) is 19.7 Å². The zero-order chi connectivity index (χ0) is 22.5. The number of carbonyl (C=O) groups is 2. The van der Waals surface area contributed by atoms with Gasteiger partial charge >= 0.3 is 0 Å². The molecule has 162 valence electrons. The number of nitrogens with one attached hydrogen (secondary N) is 1. The quantitative estimate of drug-likeness (QED) is 0.436. The number of hydrogen-bond acceptors (Lipinski definition) is 5. The number of fused-ring (bicyclic) bond motifs is 1. The Labute approximate surface area is 190 Å². The van der Waals surface area contributed by atoms with Gasteiger partial charge in [0, 0.05) is 23.8 Å². The number of anilines is 1. The van der Waals surface area contributed by atoms with Gasteiger partial charge in [-0.25, -0.2) is 0 Å². The molecule has 0 bridgehead atoms. The number of aromatic nitrogens is 3.